The Morgan fingerprint density at radius 1 is 1.47 bits per heavy atom. The molecule has 0 saturated heterocycles. The number of hydrogen-bond donors (Lipinski definition) is 3. The first kappa shape index (κ1) is 14.3. The number of methoxy groups -OCH3 is 1. The van der Waals surface area contributed by atoms with Crippen LogP contribution in [0.2, 0.25) is 0 Å². The lowest BCUT2D eigenvalue weighted by atomic mass is 10.2. The fourth-order valence-electron chi connectivity index (χ4n) is 1.33. The SMILES string of the molecule is COc1cccc(C#N)c1NC(=O)N[C@H](C)C(=O)O. The van der Waals surface area contributed by atoms with Crippen molar-refractivity contribution in [2.24, 2.45) is 0 Å². The molecule has 0 aliphatic rings. The number of para-hydroxylation sites is 1. The zero-order chi connectivity index (χ0) is 14.4. The molecule has 1 atom stereocenters. The number of nitrogens with zero attached hydrogens (tertiary/aromatic N) is 1. The van der Waals surface area contributed by atoms with Crippen LogP contribution < -0.4 is 15.4 Å². The van der Waals surface area contributed by atoms with E-state index in [-0.39, 0.29) is 11.3 Å². The van der Waals surface area contributed by atoms with Gasteiger partial charge in [0.05, 0.1) is 12.7 Å². The molecule has 3 N–H and O–H groups in total. The molecule has 7 nitrogen and oxygen atoms in total. The van der Waals surface area contributed by atoms with Gasteiger partial charge >= 0.3 is 12.0 Å². The molecule has 19 heavy (non-hydrogen) atoms. The molecular formula is C12H13N3O4. The monoisotopic (exact) mass is 263 g/mol. The zero-order valence-corrected chi connectivity index (χ0v) is 10.4. The van der Waals surface area contributed by atoms with Gasteiger partial charge in [-0.15, -0.1) is 0 Å². The highest BCUT2D eigenvalue weighted by Crippen LogP contribution is 2.27. The van der Waals surface area contributed by atoms with Crippen LogP contribution in [0.1, 0.15) is 12.5 Å². The molecule has 0 aliphatic heterocycles. The van der Waals surface area contributed by atoms with Crippen LogP contribution in [0.25, 0.3) is 0 Å². The largest absolute Gasteiger partial charge is 0.495 e. The number of anilines is 1. The third-order valence-corrected chi connectivity index (χ3v) is 2.32. The van der Waals surface area contributed by atoms with Gasteiger partial charge in [-0.2, -0.15) is 5.26 Å². The van der Waals surface area contributed by atoms with E-state index in [1.54, 1.807) is 12.1 Å². The second-order valence-corrected chi connectivity index (χ2v) is 3.65. The fraction of sp³-hybridized carbons (Fsp3) is 0.250. The average molecular weight is 263 g/mol. The Bertz CT molecular complexity index is 536. The summed E-state index contributed by atoms with van der Waals surface area (Å²) in [7, 11) is 1.40. The molecule has 1 rings (SSSR count). The molecule has 0 aliphatic carbocycles. The number of hydrogen-bond acceptors (Lipinski definition) is 4. The number of amides is 2. The number of carboxylic acid groups (broad SMARTS) is 1. The van der Waals surface area contributed by atoms with Crippen LogP contribution in [0.4, 0.5) is 10.5 Å². The third kappa shape index (κ3) is 3.61. The number of rotatable bonds is 4. The summed E-state index contributed by atoms with van der Waals surface area (Å²) in [5, 5.41) is 22.3. The second kappa shape index (κ2) is 6.26. The number of nitriles is 1. The van der Waals surface area contributed by atoms with Gasteiger partial charge < -0.3 is 20.5 Å². The van der Waals surface area contributed by atoms with Gasteiger partial charge in [-0.05, 0) is 19.1 Å². The zero-order valence-electron chi connectivity index (χ0n) is 10.4. The van der Waals surface area contributed by atoms with Gasteiger partial charge in [-0.25, -0.2) is 4.79 Å². The Morgan fingerprint density at radius 2 is 2.16 bits per heavy atom. The van der Waals surface area contributed by atoms with Crippen molar-refractivity contribution in [2.75, 3.05) is 12.4 Å². The fourth-order valence-corrected chi connectivity index (χ4v) is 1.33. The van der Waals surface area contributed by atoms with E-state index in [9.17, 15) is 9.59 Å². The normalized spacial score (nSPS) is 11.0. The molecule has 0 radical (unpaired) electrons. The number of aliphatic carboxylic acids is 1. The number of nitrogens with one attached hydrogen (secondary N) is 2. The summed E-state index contributed by atoms with van der Waals surface area (Å²) in [5.74, 6) is -0.840. The van der Waals surface area contributed by atoms with Crippen molar-refractivity contribution in [1.29, 1.82) is 5.26 Å². The van der Waals surface area contributed by atoms with Gasteiger partial charge in [0.1, 0.15) is 23.5 Å². The van der Waals surface area contributed by atoms with Crippen molar-refractivity contribution < 1.29 is 19.4 Å². The molecule has 0 unspecified atom stereocenters. The first-order chi connectivity index (χ1) is 8.99. The van der Waals surface area contributed by atoms with Gasteiger partial charge in [0.25, 0.3) is 0 Å². The first-order valence-corrected chi connectivity index (χ1v) is 5.37. The highest BCUT2D eigenvalue weighted by molar-refractivity contribution is 5.94. The Morgan fingerprint density at radius 3 is 2.68 bits per heavy atom. The van der Waals surface area contributed by atoms with Crippen LogP contribution in [0.15, 0.2) is 18.2 Å². The van der Waals surface area contributed by atoms with E-state index in [1.165, 1.54) is 20.1 Å². The highest BCUT2D eigenvalue weighted by atomic mass is 16.5. The molecule has 0 fully saturated rings. The van der Waals surface area contributed by atoms with E-state index in [0.717, 1.165) is 0 Å². The summed E-state index contributed by atoms with van der Waals surface area (Å²) in [6.45, 7) is 1.33. The van der Waals surface area contributed by atoms with Gasteiger partial charge in [0, 0.05) is 0 Å². The van der Waals surface area contributed by atoms with E-state index in [0.29, 0.717) is 5.75 Å². The van der Waals surface area contributed by atoms with Crippen molar-refractivity contribution in [1.82, 2.24) is 5.32 Å². The summed E-state index contributed by atoms with van der Waals surface area (Å²) in [5.41, 5.74) is 0.417. The molecule has 0 heterocycles. The minimum absolute atomic E-state index is 0.197. The molecule has 1 aromatic rings. The predicted molar refractivity (Wildman–Crippen MR) is 67.0 cm³/mol. The molecular weight excluding hydrogens is 250 g/mol. The number of carbonyl (C=O) groups excluding carboxylic acids is 1. The number of ether oxygens (including phenoxy) is 1. The maximum atomic E-state index is 11.6. The van der Waals surface area contributed by atoms with Gasteiger partial charge in [0.2, 0.25) is 0 Å². The molecule has 0 aromatic heterocycles. The van der Waals surface area contributed by atoms with Crippen molar-refractivity contribution in [3.63, 3.8) is 0 Å². The summed E-state index contributed by atoms with van der Waals surface area (Å²) < 4.78 is 5.03. The quantitative estimate of drug-likeness (QED) is 0.754. The molecule has 2 amide bonds. The van der Waals surface area contributed by atoms with Crippen LogP contribution in [0.3, 0.4) is 0 Å². The Labute approximate surface area is 109 Å². The van der Waals surface area contributed by atoms with Gasteiger partial charge in [0.15, 0.2) is 0 Å². The molecule has 0 saturated carbocycles. The van der Waals surface area contributed by atoms with E-state index >= 15 is 0 Å². The number of carbonyl (C=O) groups is 2. The Balaban J connectivity index is 2.90. The minimum Gasteiger partial charge on any atom is -0.495 e. The predicted octanol–water partition coefficient (Wildman–Crippen LogP) is 1.16. The van der Waals surface area contributed by atoms with Crippen LogP contribution in [-0.4, -0.2) is 30.3 Å². The van der Waals surface area contributed by atoms with Gasteiger partial charge in [-0.1, -0.05) is 6.07 Å². The summed E-state index contributed by atoms with van der Waals surface area (Å²) in [4.78, 5) is 22.2. The van der Waals surface area contributed by atoms with E-state index in [4.69, 9.17) is 15.1 Å². The minimum atomic E-state index is -1.16. The number of carboxylic acids is 1. The van der Waals surface area contributed by atoms with E-state index in [1.807, 2.05) is 6.07 Å². The summed E-state index contributed by atoms with van der Waals surface area (Å²) in [6, 6.07) is 4.85. The molecule has 0 bridgehead atoms. The van der Waals surface area contributed by atoms with Crippen molar-refractivity contribution in [2.45, 2.75) is 13.0 Å². The lowest BCUT2D eigenvalue weighted by molar-refractivity contribution is -0.138. The number of urea groups is 1. The smallest absolute Gasteiger partial charge is 0.325 e. The Hall–Kier alpha value is -2.75. The van der Waals surface area contributed by atoms with Crippen LogP contribution in [-0.2, 0) is 4.79 Å². The lowest BCUT2D eigenvalue weighted by Crippen LogP contribution is -2.41. The average Bonchev–Trinajstić information content (AvgIpc) is 2.38. The van der Waals surface area contributed by atoms with Crippen molar-refractivity contribution in [3.8, 4) is 11.8 Å². The first-order valence-electron chi connectivity index (χ1n) is 5.37. The second-order valence-electron chi connectivity index (χ2n) is 3.65. The van der Waals surface area contributed by atoms with E-state index < -0.39 is 18.0 Å². The third-order valence-electron chi connectivity index (χ3n) is 2.32. The molecule has 7 heteroatoms. The molecule has 1 aromatic carbocycles. The number of benzene rings is 1. The standard InChI is InChI=1S/C12H13N3O4/c1-7(11(16)17)14-12(18)15-10-8(6-13)4-3-5-9(10)19-2/h3-5,7H,1-2H3,(H,16,17)(H2,14,15,18)/t7-/m1/s1. The highest BCUT2D eigenvalue weighted by Gasteiger charge is 2.16. The van der Waals surface area contributed by atoms with Gasteiger partial charge in [-0.3, -0.25) is 4.79 Å². The summed E-state index contributed by atoms with van der Waals surface area (Å²) >= 11 is 0. The molecule has 0 spiro atoms. The van der Waals surface area contributed by atoms with Crippen molar-refractivity contribution >= 4 is 17.7 Å². The van der Waals surface area contributed by atoms with Crippen molar-refractivity contribution in [3.05, 3.63) is 23.8 Å². The Kier molecular flexibility index (Phi) is 4.71. The van der Waals surface area contributed by atoms with E-state index in [2.05, 4.69) is 10.6 Å². The summed E-state index contributed by atoms with van der Waals surface area (Å²) in [6.07, 6.45) is 0. The van der Waals surface area contributed by atoms with Crippen LogP contribution in [0.5, 0.6) is 5.75 Å². The van der Waals surface area contributed by atoms with Crippen LogP contribution in [0, 0.1) is 11.3 Å². The molecule has 100 valence electrons. The maximum Gasteiger partial charge on any atom is 0.325 e. The maximum absolute atomic E-state index is 11.6. The van der Waals surface area contributed by atoms with Crippen LogP contribution >= 0.6 is 0 Å². The topological polar surface area (TPSA) is 111 Å². The lowest BCUT2D eigenvalue weighted by Gasteiger charge is -2.14.